The summed E-state index contributed by atoms with van der Waals surface area (Å²) in [5, 5.41) is 6.40. The number of carbonyl (C=O) groups is 1. The van der Waals surface area contributed by atoms with E-state index in [1.807, 2.05) is 36.6 Å². The van der Waals surface area contributed by atoms with Gasteiger partial charge in [-0.2, -0.15) is 0 Å². The molecule has 0 radical (unpaired) electrons. The van der Waals surface area contributed by atoms with Crippen molar-refractivity contribution >= 4 is 68.1 Å². The van der Waals surface area contributed by atoms with Gasteiger partial charge in [-0.05, 0) is 24.6 Å². The molecule has 0 aliphatic carbocycles. The third-order valence-corrected chi connectivity index (χ3v) is 7.37. The van der Waals surface area contributed by atoms with Crippen molar-refractivity contribution < 1.29 is 4.79 Å². The van der Waals surface area contributed by atoms with E-state index < -0.39 is 0 Å². The van der Waals surface area contributed by atoms with Crippen molar-refractivity contribution in [2.45, 2.75) is 18.6 Å². The molecule has 5 nitrogen and oxygen atoms in total. The van der Waals surface area contributed by atoms with Gasteiger partial charge in [0, 0.05) is 17.5 Å². The second-order valence-corrected chi connectivity index (χ2v) is 9.84. The van der Waals surface area contributed by atoms with Crippen molar-refractivity contribution in [3.8, 4) is 11.1 Å². The number of allylic oxidation sites excluding steroid dienone is 1. The first-order chi connectivity index (χ1) is 15.9. The summed E-state index contributed by atoms with van der Waals surface area (Å²) in [5.41, 5.74) is 3.17. The SMILES string of the molecule is C=CCn1c(SCC(=O)Nc2c(Cl)cccc2Cl)nc2scc(-c3ccc(C)cc3)c2c1=O. The highest BCUT2D eigenvalue weighted by molar-refractivity contribution is 7.99. The highest BCUT2D eigenvalue weighted by Crippen LogP contribution is 2.33. The van der Waals surface area contributed by atoms with Crippen LogP contribution in [0.5, 0.6) is 0 Å². The predicted octanol–water partition coefficient (Wildman–Crippen LogP) is 6.66. The summed E-state index contributed by atoms with van der Waals surface area (Å²) in [7, 11) is 0. The number of thioether (sulfide) groups is 1. The molecule has 0 bridgehead atoms. The van der Waals surface area contributed by atoms with E-state index in [1.165, 1.54) is 23.1 Å². The third-order valence-electron chi connectivity index (χ3n) is 4.89. The van der Waals surface area contributed by atoms with Gasteiger partial charge in [0.2, 0.25) is 5.91 Å². The quantitative estimate of drug-likeness (QED) is 0.170. The lowest BCUT2D eigenvalue weighted by atomic mass is 10.1. The average molecular weight is 516 g/mol. The molecule has 0 aliphatic heterocycles. The first-order valence-corrected chi connectivity index (χ1v) is 12.6. The number of aryl methyl sites for hydroxylation is 1. The molecular formula is C24H19Cl2N3O2S2. The van der Waals surface area contributed by atoms with Crippen LogP contribution in [0.3, 0.4) is 0 Å². The molecule has 2 heterocycles. The fraction of sp³-hybridized carbons (Fsp3) is 0.125. The number of hydrogen-bond acceptors (Lipinski definition) is 5. The van der Waals surface area contributed by atoms with E-state index in [1.54, 1.807) is 28.8 Å². The molecule has 0 unspecified atom stereocenters. The van der Waals surface area contributed by atoms with Crippen molar-refractivity contribution in [1.82, 2.24) is 9.55 Å². The Morgan fingerprint density at radius 3 is 2.58 bits per heavy atom. The Bertz CT molecular complexity index is 1390. The molecule has 0 fully saturated rings. The molecule has 4 rings (SSSR count). The fourth-order valence-electron chi connectivity index (χ4n) is 3.27. The Kier molecular flexibility index (Phi) is 7.24. The lowest BCUT2D eigenvalue weighted by Crippen LogP contribution is -2.23. The molecule has 168 valence electrons. The van der Waals surface area contributed by atoms with Crippen molar-refractivity contribution in [2.24, 2.45) is 0 Å². The normalized spacial score (nSPS) is 11.0. The number of carbonyl (C=O) groups excluding carboxylic acids is 1. The number of anilines is 1. The van der Waals surface area contributed by atoms with E-state index in [9.17, 15) is 9.59 Å². The van der Waals surface area contributed by atoms with Crippen molar-refractivity contribution in [2.75, 3.05) is 11.1 Å². The number of thiophene rings is 1. The largest absolute Gasteiger partial charge is 0.323 e. The molecule has 4 aromatic rings. The maximum atomic E-state index is 13.4. The van der Waals surface area contributed by atoms with E-state index >= 15 is 0 Å². The summed E-state index contributed by atoms with van der Waals surface area (Å²) in [4.78, 5) is 31.3. The number of halogens is 2. The topological polar surface area (TPSA) is 64.0 Å². The molecule has 33 heavy (non-hydrogen) atoms. The third kappa shape index (κ3) is 5.01. The number of nitrogens with zero attached hydrogens (tertiary/aromatic N) is 2. The van der Waals surface area contributed by atoms with E-state index in [0.717, 1.165) is 16.7 Å². The summed E-state index contributed by atoms with van der Waals surface area (Å²) >= 11 is 14.8. The van der Waals surface area contributed by atoms with Crippen molar-refractivity contribution in [1.29, 1.82) is 0 Å². The molecule has 2 aromatic carbocycles. The number of hydrogen-bond donors (Lipinski definition) is 1. The van der Waals surface area contributed by atoms with Gasteiger partial charge in [-0.25, -0.2) is 4.98 Å². The highest BCUT2D eigenvalue weighted by atomic mass is 35.5. The average Bonchev–Trinajstić information content (AvgIpc) is 3.22. The molecule has 1 amide bonds. The second-order valence-electron chi connectivity index (χ2n) is 7.23. The monoisotopic (exact) mass is 515 g/mol. The zero-order valence-electron chi connectivity index (χ0n) is 17.6. The molecule has 1 N–H and O–H groups in total. The minimum atomic E-state index is -0.305. The Morgan fingerprint density at radius 1 is 1.21 bits per heavy atom. The van der Waals surface area contributed by atoms with Crippen LogP contribution in [-0.2, 0) is 11.3 Å². The van der Waals surface area contributed by atoms with Crippen LogP contribution in [0.15, 0.2) is 70.5 Å². The van der Waals surface area contributed by atoms with Gasteiger partial charge in [0.1, 0.15) is 4.83 Å². The molecular weight excluding hydrogens is 497 g/mol. The van der Waals surface area contributed by atoms with E-state index in [2.05, 4.69) is 11.9 Å². The zero-order chi connectivity index (χ0) is 23.5. The van der Waals surface area contributed by atoms with Gasteiger partial charge in [-0.15, -0.1) is 17.9 Å². The maximum absolute atomic E-state index is 13.4. The summed E-state index contributed by atoms with van der Waals surface area (Å²) in [6.07, 6.45) is 1.64. The Hall–Kier alpha value is -2.58. The van der Waals surface area contributed by atoms with Crippen LogP contribution in [0.25, 0.3) is 21.3 Å². The van der Waals surface area contributed by atoms with Crippen LogP contribution in [0.4, 0.5) is 5.69 Å². The molecule has 0 spiro atoms. The molecule has 0 aliphatic rings. The first kappa shape index (κ1) is 23.6. The van der Waals surface area contributed by atoms with E-state index in [4.69, 9.17) is 28.2 Å². The van der Waals surface area contributed by atoms with Crippen LogP contribution in [0, 0.1) is 6.92 Å². The number of para-hydroxylation sites is 1. The first-order valence-electron chi connectivity index (χ1n) is 9.95. The molecule has 2 aromatic heterocycles. The number of nitrogens with one attached hydrogen (secondary N) is 1. The van der Waals surface area contributed by atoms with Crippen LogP contribution in [-0.4, -0.2) is 21.2 Å². The lowest BCUT2D eigenvalue weighted by Gasteiger charge is -2.12. The van der Waals surface area contributed by atoms with Crippen molar-refractivity contribution in [3.05, 3.63) is 86.5 Å². The Balaban J connectivity index is 1.64. The smallest absolute Gasteiger partial charge is 0.263 e. The molecule has 0 saturated heterocycles. The summed E-state index contributed by atoms with van der Waals surface area (Å²) in [5.74, 6) is -0.270. The van der Waals surface area contributed by atoms with Crippen LogP contribution in [0.2, 0.25) is 10.0 Å². The zero-order valence-corrected chi connectivity index (χ0v) is 20.7. The van der Waals surface area contributed by atoms with Crippen LogP contribution >= 0.6 is 46.3 Å². The number of aromatic nitrogens is 2. The summed E-state index contributed by atoms with van der Waals surface area (Å²) < 4.78 is 1.54. The van der Waals surface area contributed by atoms with Gasteiger partial charge in [0.25, 0.3) is 5.56 Å². The molecule has 0 saturated carbocycles. The molecule has 0 atom stereocenters. The number of benzene rings is 2. The number of amides is 1. The number of rotatable bonds is 7. The fourth-order valence-corrected chi connectivity index (χ4v) is 5.56. The second kappa shape index (κ2) is 10.1. The summed E-state index contributed by atoms with van der Waals surface area (Å²) in [6.45, 7) is 6.07. The van der Waals surface area contributed by atoms with Gasteiger partial charge < -0.3 is 5.32 Å². The predicted molar refractivity (Wildman–Crippen MR) is 140 cm³/mol. The summed E-state index contributed by atoms with van der Waals surface area (Å²) in [6, 6.07) is 13.0. The van der Waals surface area contributed by atoms with E-state index in [0.29, 0.717) is 31.1 Å². The highest BCUT2D eigenvalue weighted by Gasteiger charge is 2.18. The minimum absolute atomic E-state index is 0.0346. The van der Waals surface area contributed by atoms with Gasteiger partial charge in [-0.1, -0.05) is 76.9 Å². The Labute approximate surface area is 209 Å². The van der Waals surface area contributed by atoms with Gasteiger partial charge in [-0.3, -0.25) is 14.2 Å². The van der Waals surface area contributed by atoms with E-state index in [-0.39, 0.29) is 23.8 Å². The van der Waals surface area contributed by atoms with Gasteiger partial charge >= 0.3 is 0 Å². The van der Waals surface area contributed by atoms with Crippen molar-refractivity contribution in [3.63, 3.8) is 0 Å². The minimum Gasteiger partial charge on any atom is -0.323 e. The van der Waals surface area contributed by atoms with Gasteiger partial charge in [0.05, 0.1) is 26.9 Å². The lowest BCUT2D eigenvalue weighted by molar-refractivity contribution is -0.113. The Morgan fingerprint density at radius 2 is 1.91 bits per heavy atom. The molecule has 9 heteroatoms. The van der Waals surface area contributed by atoms with Crippen LogP contribution in [0.1, 0.15) is 5.56 Å². The maximum Gasteiger partial charge on any atom is 0.263 e. The van der Waals surface area contributed by atoms with Crippen LogP contribution < -0.4 is 10.9 Å². The van der Waals surface area contributed by atoms with Gasteiger partial charge in [0.15, 0.2) is 5.16 Å². The standard InChI is InChI=1S/C24H19Cl2N3O2S2/c1-3-11-29-23(31)20-16(15-9-7-14(2)8-10-15)12-32-22(20)28-24(29)33-13-19(30)27-21-17(25)5-4-6-18(21)26/h3-10,12H,1,11,13H2,2H3,(H,27,30). The number of fused-ring (bicyclic) bond motifs is 1.